The van der Waals surface area contributed by atoms with E-state index in [1.54, 1.807) is 4.68 Å². The van der Waals surface area contributed by atoms with Crippen LogP contribution >= 0.6 is 0 Å². The maximum Gasteiger partial charge on any atom is 0.221 e. The molecule has 0 atom stereocenters. The first kappa shape index (κ1) is 18.7. The van der Waals surface area contributed by atoms with Gasteiger partial charge in [0.25, 0.3) is 0 Å². The van der Waals surface area contributed by atoms with Gasteiger partial charge in [-0.25, -0.2) is 14.6 Å². The number of hydrogen-bond donors (Lipinski definition) is 1. The first-order valence-electron chi connectivity index (χ1n) is 9.56. The lowest BCUT2D eigenvalue weighted by molar-refractivity contribution is 0.634. The molecular formula is C22H23N7. The minimum Gasteiger partial charge on any atom is -0.368 e. The molecule has 0 unspecified atom stereocenters. The Kier molecular flexibility index (Phi) is 5.03. The number of aromatic nitrogens is 6. The van der Waals surface area contributed by atoms with Crippen LogP contribution in [0.1, 0.15) is 36.7 Å². The summed E-state index contributed by atoms with van der Waals surface area (Å²) < 4.78 is 1.76. The van der Waals surface area contributed by atoms with Crippen molar-refractivity contribution in [1.82, 2.24) is 29.9 Å². The Morgan fingerprint density at radius 3 is 2.52 bits per heavy atom. The molecule has 3 aromatic heterocycles. The van der Waals surface area contributed by atoms with E-state index >= 15 is 0 Å². The quantitative estimate of drug-likeness (QED) is 0.560. The molecule has 1 aromatic carbocycles. The maximum absolute atomic E-state index is 5.96. The summed E-state index contributed by atoms with van der Waals surface area (Å²) in [5, 5.41) is 8.51. The molecule has 2 N–H and O–H groups in total. The highest BCUT2D eigenvalue weighted by Crippen LogP contribution is 2.24. The monoisotopic (exact) mass is 385 g/mol. The van der Waals surface area contributed by atoms with Crippen molar-refractivity contribution in [3.05, 3.63) is 71.7 Å². The van der Waals surface area contributed by atoms with E-state index in [9.17, 15) is 0 Å². The summed E-state index contributed by atoms with van der Waals surface area (Å²) in [6.45, 7) is 6.84. The van der Waals surface area contributed by atoms with Crippen molar-refractivity contribution in [2.45, 2.75) is 33.2 Å². The van der Waals surface area contributed by atoms with Crippen molar-refractivity contribution < 1.29 is 0 Å². The molecule has 0 saturated carbocycles. The molecule has 7 heteroatoms. The molecule has 0 bridgehead atoms. The van der Waals surface area contributed by atoms with Crippen LogP contribution in [-0.2, 0) is 6.54 Å². The average molecular weight is 385 g/mol. The van der Waals surface area contributed by atoms with Gasteiger partial charge in [0.05, 0.1) is 29.8 Å². The fraction of sp³-hybridized carbons (Fsp3) is 0.227. The van der Waals surface area contributed by atoms with Gasteiger partial charge in [-0.3, -0.25) is 4.98 Å². The number of anilines is 1. The maximum atomic E-state index is 5.96. The van der Waals surface area contributed by atoms with Gasteiger partial charge in [0.1, 0.15) is 5.69 Å². The van der Waals surface area contributed by atoms with Crippen LogP contribution in [0.4, 0.5) is 5.95 Å². The van der Waals surface area contributed by atoms with E-state index in [2.05, 4.69) is 40.2 Å². The molecule has 0 aliphatic heterocycles. The number of benzene rings is 1. The molecule has 4 rings (SSSR count). The van der Waals surface area contributed by atoms with Gasteiger partial charge in [-0.2, -0.15) is 0 Å². The van der Waals surface area contributed by atoms with E-state index in [4.69, 9.17) is 10.7 Å². The van der Waals surface area contributed by atoms with Gasteiger partial charge in [-0.1, -0.05) is 48.9 Å². The Morgan fingerprint density at radius 2 is 1.72 bits per heavy atom. The summed E-state index contributed by atoms with van der Waals surface area (Å²) >= 11 is 0. The molecule has 0 amide bonds. The van der Waals surface area contributed by atoms with Crippen LogP contribution in [-0.4, -0.2) is 29.9 Å². The number of pyridine rings is 1. The minimum absolute atomic E-state index is 0.208. The molecule has 0 fully saturated rings. The van der Waals surface area contributed by atoms with Crippen molar-refractivity contribution in [2.75, 3.05) is 5.73 Å². The number of rotatable bonds is 5. The summed E-state index contributed by atoms with van der Waals surface area (Å²) in [6.07, 6.45) is 1.85. The average Bonchev–Trinajstić information content (AvgIpc) is 3.16. The van der Waals surface area contributed by atoms with E-state index in [-0.39, 0.29) is 5.95 Å². The molecule has 4 aromatic rings. The molecule has 0 aliphatic rings. The Balaban J connectivity index is 1.62. The Morgan fingerprint density at radius 1 is 0.931 bits per heavy atom. The first-order valence-corrected chi connectivity index (χ1v) is 9.56. The van der Waals surface area contributed by atoms with Gasteiger partial charge >= 0.3 is 0 Å². The van der Waals surface area contributed by atoms with Crippen LogP contribution in [0.3, 0.4) is 0 Å². The number of nitrogen functional groups attached to an aromatic ring is 1. The van der Waals surface area contributed by atoms with Crippen molar-refractivity contribution in [1.29, 1.82) is 0 Å². The van der Waals surface area contributed by atoms with Crippen molar-refractivity contribution in [3.8, 4) is 22.6 Å². The lowest BCUT2D eigenvalue weighted by atomic mass is 10.1. The summed E-state index contributed by atoms with van der Waals surface area (Å²) in [5.74, 6) is 0.588. The third-order valence-electron chi connectivity index (χ3n) is 4.60. The molecular weight excluding hydrogens is 362 g/mol. The third kappa shape index (κ3) is 4.29. The van der Waals surface area contributed by atoms with Crippen LogP contribution in [0.2, 0.25) is 0 Å². The molecule has 3 heterocycles. The zero-order valence-electron chi connectivity index (χ0n) is 16.7. The number of hydrogen-bond acceptors (Lipinski definition) is 6. The van der Waals surface area contributed by atoms with Crippen LogP contribution in [0.25, 0.3) is 22.6 Å². The highest BCUT2D eigenvalue weighted by atomic mass is 15.4. The Labute approximate surface area is 169 Å². The van der Waals surface area contributed by atoms with Crippen LogP contribution < -0.4 is 5.73 Å². The smallest absolute Gasteiger partial charge is 0.221 e. The Hall–Kier alpha value is -3.61. The predicted molar refractivity (Wildman–Crippen MR) is 113 cm³/mol. The zero-order valence-corrected chi connectivity index (χ0v) is 16.7. The predicted octanol–water partition coefficient (Wildman–Crippen LogP) is 3.86. The highest BCUT2D eigenvalue weighted by Gasteiger charge is 2.11. The molecule has 146 valence electrons. The summed E-state index contributed by atoms with van der Waals surface area (Å²) in [4.78, 5) is 13.4. The second kappa shape index (κ2) is 7.79. The second-order valence-electron chi connectivity index (χ2n) is 7.38. The van der Waals surface area contributed by atoms with E-state index in [1.807, 2.05) is 55.6 Å². The SMILES string of the molecule is Cc1cccc(-c2cc(-c3cn(Cc4cccc(C(C)C)n4)nn3)nc(N)n2)c1. The van der Waals surface area contributed by atoms with Gasteiger partial charge in [0.15, 0.2) is 0 Å². The van der Waals surface area contributed by atoms with Gasteiger partial charge < -0.3 is 5.73 Å². The van der Waals surface area contributed by atoms with Gasteiger partial charge in [0, 0.05) is 11.3 Å². The fourth-order valence-corrected chi connectivity index (χ4v) is 3.12. The van der Waals surface area contributed by atoms with Gasteiger partial charge in [0.2, 0.25) is 5.95 Å². The van der Waals surface area contributed by atoms with Crippen molar-refractivity contribution >= 4 is 5.95 Å². The Bertz CT molecular complexity index is 1150. The lowest BCUT2D eigenvalue weighted by Gasteiger charge is -2.07. The molecule has 0 saturated heterocycles. The summed E-state index contributed by atoms with van der Waals surface area (Å²) in [6, 6.07) is 16.0. The standard InChI is InChI=1S/C22H23N7/c1-14(2)18-9-5-8-17(24-18)12-29-13-21(27-28-29)20-11-19(25-22(23)26-20)16-7-4-6-15(3)10-16/h4-11,13-14H,12H2,1-3H3,(H2,23,25,26). The molecule has 0 aliphatic carbocycles. The largest absolute Gasteiger partial charge is 0.368 e. The lowest BCUT2D eigenvalue weighted by Crippen LogP contribution is -2.04. The molecule has 7 nitrogen and oxygen atoms in total. The zero-order chi connectivity index (χ0) is 20.4. The number of nitrogens with two attached hydrogens (primary N) is 1. The molecule has 29 heavy (non-hydrogen) atoms. The van der Waals surface area contributed by atoms with E-state index < -0.39 is 0 Å². The minimum atomic E-state index is 0.208. The van der Waals surface area contributed by atoms with Gasteiger partial charge in [-0.15, -0.1) is 5.10 Å². The second-order valence-corrected chi connectivity index (χ2v) is 7.38. The topological polar surface area (TPSA) is 95.4 Å². The van der Waals surface area contributed by atoms with E-state index in [0.717, 1.165) is 28.2 Å². The van der Waals surface area contributed by atoms with Crippen molar-refractivity contribution in [2.24, 2.45) is 0 Å². The molecule has 0 radical (unpaired) electrons. The summed E-state index contributed by atoms with van der Waals surface area (Å²) in [5.41, 5.74) is 12.2. The first-order chi connectivity index (χ1) is 14.0. The fourth-order valence-electron chi connectivity index (χ4n) is 3.12. The molecule has 0 spiro atoms. The number of nitrogens with zero attached hydrogens (tertiary/aromatic N) is 6. The summed E-state index contributed by atoms with van der Waals surface area (Å²) in [7, 11) is 0. The van der Waals surface area contributed by atoms with E-state index in [1.165, 1.54) is 0 Å². The third-order valence-corrected chi connectivity index (χ3v) is 4.60. The number of aryl methyl sites for hydroxylation is 1. The highest BCUT2D eigenvalue weighted by molar-refractivity contribution is 5.67. The van der Waals surface area contributed by atoms with E-state index in [0.29, 0.717) is 23.9 Å². The van der Waals surface area contributed by atoms with Crippen LogP contribution in [0.5, 0.6) is 0 Å². The normalized spacial score (nSPS) is 11.2. The van der Waals surface area contributed by atoms with Crippen LogP contribution in [0, 0.1) is 6.92 Å². The van der Waals surface area contributed by atoms with Crippen LogP contribution in [0.15, 0.2) is 54.7 Å². The van der Waals surface area contributed by atoms with Gasteiger partial charge in [-0.05, 0) is 37.1 Å². The van der Waals surface area contributed by atoms with Crippen molar-refractivity contribution in [3.63, 3.8) is 0 Å².